The number of aromatic amines is 2. The Morgan fingerprint density at radius 3 is 2.83 bits per heavy atom. The van der Waals surface area contributed by atoms with Crippen LogP contribution in [-0.2, 0) is 19.4 Å². The van der Waals surface area contributed by atoms with E-state index < -0.39 is 5.82 Å². The molecule has 1 amide bonds. The number of nitrogens with zero attached hydrogens (tertiary/aromatic N) is 5. The third-order valence-corrected chi connectivity index (χ3v) is 7.56. The van der Waals surface area contributed by atoms with Gasteiger partial charge in [0.05, 0.1) is 30.1 Å². The quantitative estimate of drug-likeness (QED) is 0.167. The summed E-state index contributed by atoms with van der Waals surface area (Å²) in [6, 6.07) is 8.61. The summed E-state index contributed by atoms with van der Waals surface area (Å²) in [5.74, 6) is 0.0658. The molecule has 0 saturated heterocycles. The molecule has 6 rings (SSSR count). The Kier molecular flexibility index (Phi) is 7.53. The van der Waals surface area contributed by atoms with Crippen molar-refractivity contribution >= 4 is 22.6 Å². The highest BCUT2D eigenvalue weighted by Gasteiger charge is 2.27. The predicted octanol–water partition coefficient (Wildman–Crippen LogP) is 4.04. The summed E-state index contributed by atoms with van der Waals surface area (Å²) in [5, 5.41) is 24.5. The smallest absolute Gasteiger partial charge is 0.274 e. The van der Waals surface area contributed by atoms with Gasteiger partial charge in [0, 0.05) is 30.6 Å². The highest BCUT2D eigenvalue weighted by atomic mass is 19.1. The maximum absolute atomic E-state index is 14.2. The Bertz CT molecular complexity index is 1750. The Morgan fingerprint density at radius 2 is 2.05 bits per heavy atom. The Labute approximate surface area is 241 Å². The van der Waals surface area contributed by atoms with Gasteiger partial charge in [0.25, 0.3) is 5.91 Å². The average Bonchev–Trinajstić information content (AvgIpc) is 3.63. The summed E-state index contributed by atoms with van der Waals surface area (Å²) in [5.41, 5.74) is 5.91. The molecule has 5 aromatic rings. The minimum absolute atomic E-state index is 0.186. The maximum Gasteiger partial charge on any atom is 0.274 e. The monoisotopic (exact) mass is 569 g/mol. The van der Waals surface area contributed by atoms with Crippen LogP contribution in [0.25, 0.3) is 33.5 Å². The molecule has 0 unspecified atom stereocenters. The lowest BCUT2D eigenvalue weighted by atomic mass is 9.96. The molecule has 4 heterocycles. The SMILES string of the molecule is CCc1cc(O)c(F)cc1-c1ccc2c(-c3nc4c([nH]3)CCN(C(=O)c3cnc(NCCCNC)cn3)C4)n[nH]c2c1. The molecular formula is C30H32FN9O2. The molecule has 0 radical (unpaired) electrons. The van der Waals surface area contributed by atoms with Gasteiger partial charge in [-0.2, -0.15) is 5.10 Å². The molecule has 0 bridgehead atoms. The number of halogens is 1. The van der Waals surface area contributed by atoms with Gasteiger partial charge >= 0.3 is 0 Å². The molecule has 0 fully saturated rings. The van der Waals surface area contributed by atoms with Gasteiger partial charge in [0.15, 0.2) is 17.4 Å². The third kappa shape index (κ3) is 5.28. The second-order valence-corrected chi connectivity index (χ2v) is 10.3. The lowest BCUT2D eigenvalue weighted by Crippen LogP contribution is -2.36. The zero-order valence-electron chi connectivity index (χ0n) is 23.5. The number of phenols is 1. The van der Waals surface area contributed by atoms with Crippen LogP contribution >= 0.6 is 0 Å². The van der Waals surface area contributed by atoms with Gasteiger partial charge in [-0.15, -0.1) is 0 Å². The molecule has 0 spiro atoms. The van der Waals surface area contributed by atoms with E-state index >= 15 is 0 Å². The Morgan fingerprint density at radius 1 is 1.17 bits per heavy atom. The zero-order valence-corrected chi connectivity index (χ0v) is 23.5. The van der Waals surface area contributed by atoms with Crippen molar-refractivity contribution in [1.29, 1.82) is 0 Å². The normalized spacial score (nSPS) is 13.0. The molecule has 216 valence electrons. The number of carbonyl (C=O) groups is 1. The van der Waals surface area contributed by atoms with E-state index in [0.29, 0.717) is 49.0 Å². The summed E-state index contributed by atoms with van der Waals surface area (Å²) in [6.45, 7) is 4.53. The Balaban J connectivity index is 1.18. The maximum atomic E-state index is 14.2. The van der Waals surface area contributed by atoms with Crippen molar-refractivity contribution in [2.45, 2.75) is 32.7 Å². The molecule has 3 aromatic heterocycles. The number of fused-ring (bicyclic) bond motifs is 2. The van der Waals surface area contributed by atoms with E-state index in [1.54, 1.807) is 11.1 Å². The van der Waals surface area contributed by atoms with E-state index in [2.05, 4.69) is 35.8 Å². The molecule has 42 heavy (non-hydrogen) atoms. The molecule has 11 nitrogen and oxygen atoms in total. The number of benzene rings is 2. The summed E-state index contributed by atoms with van der Waals surface area (Å²) < 4.78 is 14.2. The number of aromatic nitrogens is 6. The van der Waals surface area contributed by atoms with Crippen molar-refractivity contribution < 1.29 is 14.3 Å². The molecule has 2 aromatic carbocycles. The van der Waals surface area contributed by atoms with Crippen LogP contribution in [0.3, 0.4) is 0 Å². The lowest BCUT2D eigenvalue weighted by Gasteiger charge is -2.25. The highest BCUT2D eigenvalue weighted by molar-refractivity contribution is 5.94. The van der Waals surface area contributed by atoms with Crippen molar-refractivity contribution in [2.75, 3.05) is 32.0 Å². The van der Waals surface area contributed by atoms with E-state index in [1.165, 1.54) is 18.3 Å². The van der Waals surface area contributed by atoms with E-state index in [4.69, 9.17) is 4.98 Å². The van der Waals surface area contributed by atoms with Crippen LogP contribution in [0.4, 0.5) is 10.2 Å². The van der Waals surface area contributed by atoms with E-state index in [0.717, 1.165) is 58.5 Å². The molecule has 12 heteroatoms. The first kappa shape index (κ1) is 27.3. The molecular weight excluding hydrogens is 537 g/mol. The summed E-state index contributed by atoms with van der Waals surface area (Å²) >= 11 is 0. The van der Waals surface area contributed by atoms with Crippen molar-refractivity contribution in [3.05, 3.63) is 71.2 Å². The zero-order chi connectivity index (χ0) is 29.2. The fraction of sp³-hybridized carbons (Fsp3) is 0.300. The van der Waals surface area contributed by atoms with Crippen molar-refractivity contribution in [1.82, 2.24) is 40.3 Å². The van der Waals surface area contributed by atoms with Crippen LogP contribution in [0.2, 0.25) is 0 Å². The number of rotatable bonds is 9. The number of nitrogens with one attached hydrogen (secondary N) is 4. The first-order valence-corrected chi connectivity index (χ1v) is 14.0. The van der Waals surface area contributed by atoms with Crippen LogP contribution in [0.15, 0.2) is 42.7 Å². The molecule has 0 atom stereocenters. The highest BCUT2D eigenvalue weighted by Crippen LogP contribution is 2.34. The number of hydrogen-bond acceptors (Lipinski definition) is 8. The number of hydrogen-bond donors (Lipinski definition) is 5. The second-order valence-electron chi connectivity index (χ2n) is 10.3. The number of aryl methyl sites for hydroxylation is 1. The van der Waals surface area contributed by atoms with Gasteiger partial charge in [0.1, 0.15) is 17.2 Å². The summed E-state index contributed by atoms with van der Waals surface area (Å²) in [7, 11) is 1.91. The van der Waals surface area contributed by atoms with Gasteiger partial charge in [-0.3, -0.25) is 9.89 Å². The van der Waals surface area contributed by atoms with Gasteiger partial charge in [-0.25, -0.2) is 19.3 Å². The number of imidazole rings is 1. The van der Waals surface area contributed by atoms with Crippen molar-refractivity contribution in [2.24, 2.45) is 0 Å². The summed E-state index contributed by atoms with van der Waals surface area (Å²) in [4.78, 5) is 31.8. The first-order valence-electron chi connectivity index (χ1n) is 14.0. The number of carbonyl (C=O) groups excluding carboxylic acids is 1. The largest absolute Gasteiger partial charge is 0.505 e. The van der Waals surface area contributed by atoms with E-state index in [9.17, 15) is 14.3 Å². The first-order chi connectivity index (χ1) is 20.4. The van der Waals surface area contributed by atoms with E-state index in [1.807, 2.05) is 32.2 Å². The van der Waals surface area contributed by atoms with Gasteiger partial charge in [-0.05, 0) is 67.4 Å². The number of phenolic OH excluding ortho intramolecular Hbond substituents is 1. The standard InChI is InChI=1S/C30H32FN9O2/c1-3-17-12-26(41)21(31)13-20(17)18-5-6-19-23(11-18)38-39-28(19)29-36-22-7-10-40(16-25(22)37-29)30(42)24-14-35-27(15-34-24)33-9-4-8-32-2/h5-6,11-15,32,41H,3-4,7-10,16H2,1-2H3,(H,33,35)(H,36,37)(H,38,39). The number of aromatic hydroxyl groups is 1. The van der Waals surface area contributed by atoms with Gasteiger partial charge in [-0.1, -0.05) is 13.0 Å². The number of H-pyrrole nitrogens is 2. The fourth-order valence-electron chi connectivity index (χ4n) is 5.28. The van der Waals surface area contributed by atoms with Crippen LogP contribution < -0.4 is 10.6 Å². The summed E-state index contributed by atoms with van der Waals surface area (Å²) in [6.07, 6.45) is 5.33. The third-order valence-electron chi connectivity index (χ3n) is 7.56. The Hall–Kier alpha value is -4.84. The number of amides is 1. The van der Waals surface area contributed by atoms with Crippen LogP contribution in [0.1, 0.15) is 40.8 Å². The van der Waals surface area contributed by atoms with Crippen LogP contribution in [0.5, 0.6) is 5.75 Å². The minimum Gasteiger partial charge on any atom is -0.505 e. The molecule has 0 aliphatic carbocycles. The van der Waals surface area contributed by atoms with Gasteiger partial charge < -0.3 is 25.6 Å². The topological polar surface area (TPSA) is 148 Å². The molecule has 0 saturated carbocycles. The molecule has 1 aliphatic heterocycles. The van der Waals surface area contributed by atoms with E-state index in [-0.39, 0.29) is 11.7 Å². The lowest BCUT2D eigenvalue weighted by molar-refractivity contribution is 0.0725. The van der Waals surface area contributed by atoms with Crippen molar-refractivity contribution in [3.63, 3.8) is 0 Å². The predicted molar refractivity (Wildman–Crippen MR) is 158 cm³/mol. The fourth-order valence-corrected chi connectivity index (χ4v) is 5.28. The van der Waals surface area contributed by atoms with Crippen LogP contribution in [0, 0.1) is 5.82 Å². The van der Waals surface area contributed by atoms with Crippen molar-refractivity contribution in [3.8, 4) is 28.4 Å². The second kappa shape index (κ2) is 11.6. The van der Waals surface area contributed by atoms with Crippen LogP contribution in [-0.4, -0.2) is 72.7 Å². The molecule has 1 aliphatic rings. The number of anilines is 1. The molecule has 5 N–H and O–H groups in total. The average molecular weight is 570 g/mol. The van der Waals surface area contributed by atoms with Gasteiger partial charge in [0.2, 0.25) is 0 Å². The minimum atomic E-state index is -0.655.